The van der Waals surface area contributed by atoms with Gasteiger partial charge in [-0.15, -0.1) is 13.2 Å². The van der Waals surface area contributed by atoms with Gasteiger partial charge in [0.1, 0.15) is 5.75 Å². The molecule has 1 saturated carbocycles. The molecule has 1 aliphatic carbocycles. The maximum atomic E-state index is 12.1. The summed E-state index contributed by atoms with van der Waals surface area (Å²) >= 11 is 0. The maximum absolute atomic E-state index is 12.1. The summed E-state index contributed by atoms with van der Waals surface area (Å²) in [5, 5.41) is 3.15. The molecule has 0 aromatic heterocycles. The number of hydrogen-bond acceptors (Lipinski definition) is 3. The van der Waals surface area contributed by atoms with E-state index in [1.807, 2.05) is 0 Å². The topological polar surface area (TPSA) is 68.9 Å². The van der Waals surface area contributed by atoms with Crippen LogP contribution in [0.2, 0.25) is 0 Å². The van der Waals surface area contributed by atoms with Crippen molar-refractivity contribution in [3.63, 3.8) is 0 Å². The molecule has 0 atom stereocenters. The zero-order chi connectivity index (χ0) is 18.3. The fourth-order valence-electron chi connectivity index (χ4n) is 2.82. The number of rotatable bonds is 8. The number of nitrogens with one attached hydrogen (secondary N) is 1. The third-order valence-electron chi connectivity index (χ3n) is 4.48. The fraction of sp³-hybridized carbons (Fsp3) is 0.588. The van der Waals surface area contributed by atoms with Crippen LogP contribution in [0.3, 0.4) is 0 Å². The second kappa shape index (κ2) is 8.42. The molecule has 0 unspecified atom stereocenters. The highest BCUT2D eigenvalue weighted by Crippen LogP contribution is 2.43. The van der Waals surface area contributed by atoms with Gasteiger partial charge in [-0.2, -0.15) is 0 Å². The zero-order valence-corrected chi connectivity index (χ0v) is 14.2. The second-order valence-electron chi connectivity index (χ2n) is 6.34. The average molecular weight is 359 g/mol. The van der Waals surface area contributed by atoms with Gasteiger partial charge >= 0.3 is 6.36 Å². The smallest absolute Gasteiger partial charge is 0.406 e. The molecular formula is C17H24F3N3O2. The van der Waals surface area contributed by atoms with Crippen molar-refractivity contribution in [2.45, 2.75) is 38.6 Å². The summed E-state index contributed by atoms with van der Waals surface area (Å²) < 4.78 is 45.3. The first-order chi connectivity index (χ1) is 11.8. The lowest BCUT2D eigenvalue weighted by atomic mass is 9.67. The molecule has 8 heteroatoms. The first-order valence-electron chi connectivity index (χ1n) is 8.19. The van der Waals surface area contributed by atoms with E-state index in [-0.39, 0.29) is 17.7 Å². The number of nitrogens with two attached hydrogens (primary N) is 1. The Balaban J connectivity index is 1.80. The molecule has 1 fully saturated rings. The van der Waals surface area contributed by atoms with Crippen LogP contribution in [0.4, 0.5) is 13.2 Å². The van der Waals surface area contributed by atoms with Gasteiger partial charge in [-0.1, -0.05) is 18.6 Å². The molecule has 2 rings (SSSR count). The van der Waals surface area contributed by atoms with E-state index in [1.165, 1.54) is 30.7 Å². The third kappa shape index (κ3) is 6.45. The molecule has 0 aliphatic heterocycles. The van der Waals surface area contributed by atoms with Gasteiger partial charge in [0.05, 0.1) is 6.54 Å². The molecular weight excluding hydrogens is 335 g/mol. The van der Waals surface area contributed by atoms with E-state index in [0.29, 0.717) is 5.96 Å². The van der Waals surface area contributed by atoms with Crippen molar-refractivity contribution in [3.8, 4) is 5.75 Å². The van der Waals surface area contributed by atoms with Gasteiger partial charge < -0.3 is 20.5 Å². The number of alkyl halides is 3. The van der Waals surface area contributed by atoms with Crippen LogP contribution in [-0.2, 0) is 11.3 Å². The van der Waals surface area contributed by atoms with Crippen molar-refractivity contribution in [2.24, 2.45) is 16.1 Å². The van der Waals surface area contributed by atoms with Crippen molar-refractivity contribution < 1.29 is 22.6 Å². The number of hydrogen-bond donors (Lipinski definition) is 2. The van der Waals surface area contributed by atoms with Crippen molar-refractivity contribution in [1.82, 2.24) is 5.32 Å². The number of nitrogens with zero attached hydrogens (tertiary/aromatic N) is 1. The number of benzene rings is 1. The van der Waals surface area contributed by atoms with Crippen LogP contribution in [0.15, 0.2) is 29.3 Å². The highest BCUT2D eigenvalue weighted by atomic mass is 19.4. The van der Waals surface area contributed by atoms with E-state index in [0.717, 1.165) is 38.0 Å². The van der Waals surface area contributed by atoms with Crippen molar-refractivity contribution >= 4 is 5.96 Å². The van der Waals surface area contributed by atoms with Gasteiger partial charge in [-0.05, 0) is 42.4 Å². The lowest BCUT2D eigenvalue weighted by Crippen LogP contribution is -2.45. The lowest BCUT2D eigenvalue weighted by molar-refractivity contribution is -0.274. The van der Waals surface area contributed by atoms with E-state index in [9.17, 15) is 13.2 Å². The van der Waals surface area contributed by atoms with Crippen LogP contribution < -0.4 is 15.8 Å². The predicted octanol–water partition coefficient (Wildman–Crippen LogP) is 3.20. The monoisotopic (exact) mass is 359 g/mol. The summed E-state index contributed by atoms with van der Waals surface area (Å²) in [4.78, 5) is 4.23. The highest BCUT2D eigenvalue weighted by molar-refractivity contribution is 5.77. The van der Waals surface area contributed by atoms with Crippen molar-refractivity contribution in [2.75, 3.05) is 20.3 Å². The van der Waals surface area contributed by atoms with Crippen LogP contribution in [0.5, 0.6) is 5.75 Å². The summed E-state index contributed by atoms with van der Waals surface area (Å²) in [7, 11) is 1.70. The summed E-state index contributed by atoms with van der Waals surface area (Å²) in [6.07, 6.45) is -0.178. The molecule has 1 aliphatic rings. The molecule has 0 amide bonds. The highest BCUT2D eigenvalue weighted by Gasteiger charge is 2.36. The predicted molar refractivity (Wildman–Crippen MR) is 89.2 cm³/mol. The van der Waals surface area contributed by atoms with Gasteiger partial charge in [-0.3, -0.25) is 0 Å². The minimum atomic E-state index is -4.69. The Hall–Kier alpha value is -1.96. The summed E-state index contributed by atoms with van der Waals surface area (Å²) in [5.74, 6) is 0.0794. The molecule has 5 nitrogen and oxygen atoms in total. The van der Waals surface area contributed by atoms with E-state index in [1.54, 1.807) is 7.11 Å². The molecule has 1 aromatic rings. The summed E-state index contributed by atoms with van der Waals surface area (Å²) in [5.41, 5.74) is 6.86. The second-order valence-corrected chi connectivity index (χ2v) is 6.34. The van der Waals surface area contributed by atoms with Gasteiger partial charge in [0.15, 0.2) is 5.96 Å². The Morgan fingerprint density at radius 3 is 2.48 bits per heavy atom. The van der Waals surface area contributed by atoms with Crippen LogP contribution in [0.1, 0.15) is 31.2 Å². The maximum Gasteiger partial charge on any atom is 0.573 e. The van der Waals surface area contributed by atoms with Crippen LogP contribution in [-0.4, -0.2) is 32.6 Å². The molecule has 25 heavy (non-hydrogen) atoms. The number of halogens is 3. The molecule has 1 aromatic carbocycles. The number of methoxy groups -OCH3 is 1. The zero-order valence-electron chi connectivity index (χ0n) is 14.2. The SMILES string of the molecule is COCCC1(CNC(N)=NCc2ccc(OC(F)(F)F)cc2)CCC1. The summed E-state index contributed by atoms with van der Waals surface area (Å²) in [6.45, 7) is 1.77. The number of ether oxygens (including phenoxy) is 2. The lowest BCUT2D eigenvalue weighted by Gasteiger charge is -2.42. The molecule has 0 saturated heterocycles. The molecule has 0 heterocycles. The van der Waals surface area contributed by atoms with Gasteiger partial charge in [-0.25, -0.2) is 4.99 Å². The molecule has 0 spiro atoms. The van der Waals surface area contributed by atoms with E-state index in [2.05, 4.69) is 15.0 Å². The number of guanidine groups is 1. The molecule has 0 radical (unpaired) electrons. The van der Waals surface area contributed by atoms with E-state index in [4.69, 9.17) is 10.5 Å². The fourth-order valence-corrected chi connectivity index (χ4v) is 2.82. The molecule has 3 N–H and O–H groups in total. The number of aliphatic imine (C=N–C) groups is 1. The minimum absolute atomic E-state index is 0.229. The van der Waals surface area contributed by atoms with E-state index < -0.39 is 6.36 Å². The first-order valence-corrected chi connectivity index (χ1v) is 8.19. The van der Waals surface area contributed by atoms with E-state index >= 15 is 0 Å². The van der Waals surface area contributed by atoms with Gasteiger partial charge in [0, 0.05) is 20.3 Å². The first kappa shape index (κ1) is 19.4. The van der Waals surface area contributed by atoms with Crippen LogP contribution in [0.25, 0.3) is 0 Å². The minimum Gasteiger partial charge on any atom is -0.406 e. The largest absolute Gasteiger partial charge is 0.573 e. The molecule has 0 bridgehead atoms. The van der Waals surface area contributed by atoms with Crippen molar-refractivity contribution in [1.29, 1.82) is 0 Å². The normalized spacial score (nSPS) is 17.0. The Bertz CT molecular complexity index is 569. The standard InChI is InChI=1S/C17H24F3N3O2/c1-24-10-9-16(7-2-8-16)12-23-15(21)22-11-13-3-5-14(6-4-13)25-17(18,19)20/h3-6H,2,7-12H2,1H3,(H3,21,22,23). The molecule has 140 valence electrons. The third-order valence-corrected chi connectivity index (χ3v) is 4.48. The van der Waals surface area contributed by atoms with Crippen molar-refractivity contribution in [3.05, 3.63) is 29.8 Å². The van der Waals surface area contributed by atoms with Gasteiger partial charge in [0.2, 0.25) is 0 Å². The summed E-state index contributed by atoms with van der Waals surface area (Å²) in [6, 6.07) is 5.58. The average Bonchev–Trinajstić information content (AvgIpc) is 2.51. The Morgan fingerprint density at radius 1 is 1.28 bits per heavy atom. The van der Waals surface area contributed by atoms with Crippen LogP contribution in [0, 0.1) is 5.41 Å². The Morgan fingerprint density at radius 2 is 1.96 bits per heavy atom. The Labute approximate surface area is 145 Å². The Kier molecular flexibility index (Phi) is 6.52. The van der Waals surface area contributed by atoms with Gasteiger partial charge in [0.25, 0.3) is 0 Å². The quantitative estimate of drug-likeness (QED) is 0.552. The van der Waals surface area contributed by atoms with Crippen LogP contribution >= 0.6 is 0 Å².